The minimum atomic E-state index is -0.999. The molecular weight excluding hydrogens is 332 g/mol. The molecule has 0 aromatic heterocycles. The van der Waals surface area contributed by atoms with Crippen molar-refractivity contribution in [1.29, 1.82) is 0 Å². The Labute approximate surface area is 146 Å². The number of carbonyl (C=O) groups is 2. The van der Waals surface area contributed by atoms with Crippen molar-refractivity contribution < 1.29 is 19.4 Å². The van der Waals surface area contributed by atoms with E-state index in [1.807, 2.05) is 13.8 Å². The second-order valence-corrected chi connectivity index (χ2v) is 6.76. The third-order valence-corrected chi connectivity index (χ3v) is 4.08. The standard InChI is InChI=1S/C17H23ClN2O4/c1-10(2)9-14(16(22)19-13-7-8-24-17(13)23)20-15(21)11-3-5-12(18)6-4-11/h3-6,10,13-14,17,23H,7-9H2,1-2H3,(H,19,22)(H,20,21)/t13-,14-,17?/m0/s1. The molecule has 0 aliphatic carbocycles. The van der Waals surface area contributed by atoms with E-state index in [-0.39, 0.29) is 17.7 Å². The highest BCUT2D eigenvalue weighted by Crippen LogP contribution is 2.13. The lowest BCUT2D eigenvalue weighted by atomic mass is 10.0. The van der Waals surface area contributed by atoms with Crippen LogP contribution in [0.1, 0.15) is 37.0 Å². The largest absolute Gasteiger partial charge is 0.366 e. The first-order chi connectivity index (χ1) is 11.4. The number of aliphatic hydroxyl groups is 1. The summed E-state index contributed by atoms with van der Waals surface area (Å²) in [6.07, 6.45) is 0.0435. The molecule has 0 bridgehead atoms. The van der Waals surface area contributed by atoms with Crippen LogP contribution in [-0.4, -0.2) is 41.9 Å². The van der Waals surface area contributed by atoms with E-state index in [9.17, 15) is 14.7 Å². The Balaban J connectivity index is 2.02. The Kier molecular flexibility index (Phi) is 6.60. The molecule has 1 aromatic rings. The molecule has 1 unspecified atom stereocenters. The third kappa shape index (κ3) is 5.19. The molecule has 0 spiro atoms. The normalized spacial score (nSPS) is 21.5. The van der Waals surface area contributed by atoms with Gasteiger partial charge in [-0.25, -0.2) is 0 Å². The zero-order chi connectivity index (χ0) is 17.7. The van der Waals surface area contributed by atoms with Crippen molar-refractivity contribution >= 4 is 23.4 Å². The molecule has 2 rings (SSSR count). The number of aliphatic hydroxyl groups excluding tert-OH is 1. The van der Waals surface area contributed by atoms with Gasteiger partial charge in [0, 0.05) is 10.6 Å². The first-order valence-corrected chi connectivity index (χ1v) is 8.41. The fourth-order valence-electron chi connectivity index (χ4n) is 2.55. The summed E-state index contributed by atoms with van der Waals surface area (Å²) in [5, 5.41) is 15.7. The van der Waals surface area contributed by atoms with Gasteiger partial charge in [-0.1, -0.05) is 25.4 Å². The monoisotopic (exact) mass is 354 g/mol. The van der Waals surface area contributed by atoms with E-state index in [4.69, 9.17) is 16.3 Å². The van der Waals surface area contributed by atoms with Gasteiger partial charge >= 0.3 is 0 Å². The van der Waals surface area contributed by atoms with Gasteiger partial charge in [-0.15, -0.1) is 0 Å². The first-order valence-electron chi connectivity index (χ1n) is 8.03. The van der Waals surface area contributed by atoms with Crippen molar-refractivity contribution in [2.45, 2.75) is 45.1 Å². The van der Waals surface area contributed by atoms with Crippen molar-refractivity contribution in [1.82, 2.24) is 10.6 Å². The average Bonchev–Trinajstić information content (AvgIpc) is 2.92. The molecule has 7 heteroatoms. The first kappa shape index (κ1) is 18.7. The molecule has 24 heavy (non-hydrogen) atoms. The van der Waals surface area contributed by atoms with Crippen molar-refractivity contribution in [3.05, 3.63) is 34.9 Å². The summed E-state index contributed by atoms with van der Waals surface area (Å²) < 4.78 is 5.03. The zero-order valence-corrected chi connectivity index (χ0v) is 14.5. The lowest BCUT2D eigenvalue weighted by Crippen LogP contribution is -2.51. The van der Waals surface area contributed by atoms with Gasteiger partial charge in [0.05, 0.1) is 12.6 Å². The molecule has 2 amide bonds. The smallest absolute Gasteiger partial charge is 0.251 e. The van der Waals surface area contributed by atoms with Crippen LogP contribution in [0.5, 0.6) is 0 Å². The van der Waals surface area contributed by atoms with E-state index in [1.54, 1.807) is 24.3 Å². The molecule has 1 aliphatic heterocycles. The van der Waals surface area contributed by atoms with E-state index < -0.39 is 18.4 Å². The highest BCUT2D eigenvalue weighted by molar-refractivity contribution is 6.30. The molecule has 1 heterocycles. The Hall–Kier alpha value is -1.63. The summed E-state index contributed by atoms with van der Waals surface area (Å²) in [6, 6.07) is 5.34. The number of benzene rings is 1. The summed E-state index contributed by atoms with van der Waals surface area (Å²) in [6.45, 7) is 4.35. The molecule has 6 nitrogen and oxygen atoms in total. The fourth-order valence-corrected chi connectivity index (χ4v) is 2.67. The molecule has 3 atom stereocenters. The Morgan fingerprint density at radius 2 is 2.00 bits per heavy atom. The Morgan fingerprint density at radius 1 is 1.33 bits per heavy atom. The number of hydrogen-bond donors (Lipinski definition) is 3. The minimum Gasteiger partial charge on any atom is -0.366 e. The number of ether oxygens (including phenoxy) is 1. The second kappa shape index (κ2) is 8.46. The van der Waals surface area contributed by atoms with Crippen molar-refractivity contribution in [3.63, 3.8) is 0 Å². The summed E-state index contributed by atoms with van der Waals surface area (Å²) in [4.78, 5) is 24.8. The second-order valence-electron chi connectivity index (χ2n) is 6.33. The van der Waals surface area contributed by atoms with Gasteiger partial charge in [-0.05, 0) is 43.0 Å². The topological polar surface area (TPSA) is 87.7 Å². The number of hydrogen-bond acceptors (Lipinski definition) is 4. The predicted octanol–water partition coefficient (Wildman–Crippen LogP) is 1.71. The Morgan fingerprint density at radius 3 is 2.54 bits per heavy atom. The Bertz CT molecular complexity index is 576. The van der Waals surface area contributed by atoms with Gasteiger partial charge in [0.1, 0.15) is 6.04 Å². The van der Waals surface area contributed by atoms with Gasteiger partial charge in [-0.2, -0.15) is 0 Å². The lowest BCUT2D eigenvalue weighted by molar-refractivity contribution is -0.127. The van der Waals surface area contributed by atoms with Crippen LogP contribution in [0.3, 0.4) is 0 Å². The van der Waals surface area contributed by atoms with E-state index >= 15 is 0 Å². The maximum Gasteiger partial charge on any atom is 0.251 e. The van der Waals surface area contributed by atoms with Crippen LogP contribution in [0.2, 0.25) is 5.02 Å². The molecule has 132 valence electrons. The number of carbonyl (C=O) groups excluding carboxylic acids is 2. The molecule has 3 N–H and O–H groups in total. The number of halogens is 1. The van der Waals surface area contributed by atoms with E-state index in [0.29, 0.717) is 30.0 Å². The quantitative estimate of drug-likeness (QED) is 0.725. The molecule has 1 aromatic carbocycles. The van der Waals surface area contributed by atoms with Gasteiger partial charge < -0.3 is 20.5 Å². The number of nitrogens with one attached hydrogen (secondary N) is 2. The van der Waals surface area contributed by atoms with Crippen LogP contribution in [-0.2, 0) is 9.53 Å². The van der Waals surface area contributed by atoms with Crippen molar-refractivity contribution in [3.8, 4) is 0 Å². The molecule has 0 radical (unpaired) electrons. The summed E-state index contributed by atoms with van der Waals surface area (Å²) in [5.41, 5.74) is 0.435. The zero-order valence-electron chi connectivity index (χ0n) is 13.8. The summed E-state index contributed by atoms with van der Waals surface area (Å²) >= 11 is 5.82. The number of rotatable bonds is 6. The van der Waals surface area contributed by atoms with Gasteiger partial charge in [-0.3, -0.25) is 9.59 Å². The fraction of sp³-hybridized carbons (Fsp3) is 0.529. The van der Waals surface area contributed by atoms with Crippen molar-refractivity contribution in [2.75, 3.05) is 6.61 Å². The molecule has 1 saturated heterocycles. The minimum absolute atomic E-state index is 0.219. The predicted molar refractivity (Wildman–Crippen MR) is 90.7 cm³/mol. The third-order valence-electron chi connectivity index (χ3n) is 3.82. The van der Waals surface area contributed by atoms with Gasteiger partial charge in [0.2, 0.25) is 5.91 Å². The van der Waals surface area contributed by atoms with Gasteiger partial charge in [0.15, 0.2) is 6.29 Å². The van der Waals surface area contributed by atoms with Crippen LogP contribution >= 0.6 is 11.6 Å². The van der Waals surface area contributed by atoms with Crippen molar-refractivity contribution in [2.24, 2.45) is 5.92 Å². The SMILES string of the molecule is CC(C)C[C@H](NC(=O)c1ccc(Cl)cc1)C(=O)N[C@H]1CCOC1O. The van der Waals surface area contributed by atoms with Crippen LogP contribution < -0.4 is 10.6 Å². The number of amides is 2. The highest BCUT2D eigenvalue weighted by atomic mass is 35.5. The van der Waals surface area contributed by atoms with Crippen LogP contribution in [0.4, 0.5) is 0 Å². The van der Waals surface area contributed by atoms with Crippen LogP contribution in [0.15, 0.2) is 24.3 Å². The summed E-state index contributed by atoms with van der Waals surface area (Å²) in [7, 11) is 0. The van der Waals surface area contributed by atoms with E-state index in [2.05, 4.69) is 10.6 Å². The van der Waals surface area contributed by atoms with E-state index in [1.165, 1.54) is 0 Å². The molecule has 1 aliphatic rings. The van der Waals surface area contributed by atoms with Crippen LogP contribution in [0, 0.1) is 5.92 Å². The lowest BCUT2D eigenvalue weighted by Gasteiger charge is -2.23. The van der Waals surface area contributed by atoms with Gasteiger partial charge in [0.25, 0.3) is 5.91 Å². The molecule has 0 saturated carbocycles. The highest BCUT2D eigenvalue weighted by Gasteiger charge is 2.31. The molecule has 1 fully saturated rings. The molecular formula is C17H23ClN2O4. The van der Waals surface area contributed by atoms with E-state index in [0.717, 1.165) is 0 Å². The summed E-state index contributed by atoms with van der Waals surface area (Å²) in [5.74, 6) is -0.438. The maximum atomic E-state index is 12.5. The average molecular weight is 355 g/mol. The van der Waals surface area contributed by atoms with Crippen LogP contribution in [0.25, 0.3) is 0 Å². The maximum absolute atomic E-state index is 12.5.